The second-order valence-corrected chi connectivity index (χ2v) is 11.4. The SMILES string of the molecule is CCC1(OC(=O)C2CC3CC2C(C)C3C)CC2CC1C1C3CCC(C3)C21. The minimum Gasteiger partial charge on any atom is -0.459 e. The van der Waals surface area contributed by atoms with Crippen molar-refractivity contribution in [1.82, 2.24) is 0 Å². The van der Waals surface area contributed by atoms with Crippen LogP contribution in [0.25, 0.3) is 0 Å². The molecule has 0 aromatic carbocycles. The van der Waals surface area contributed by atoms with Gasteiger partial charge >= 0.3 is 5.97 Å². The Morgan fingerprint density at radius 3 is 2.38 bits per heavy atom. The van der Waals surface area contributed by atoms with Gasteiger partial charge in [0, 0.05) is 5.92 Å². The van der Waals surface area contributed by atoms with E-state index in [1.54, 1.807) is 0 Å². The highest BCUT2D eigenvalue weighted by Crippen LogP contribution is 2.71. The van der Waals surface area contributed by atoms with Crippen molar-refractivity contribution >= 4 is 5.97 Å². The van der Waals surface area contributed by atoms with Gasteiger partial charge in [0.1, 0.15) is 5.60 Å². The normalized spacial score (nSPS) is 61.4. The van der Waals surface area contributed by atoms with Gasteiger partial charge in [-0.2, -0.15) is 0 Å². The minimum atomic E-state index is -0.0932. The molecule has 0 aromatic rings. The van der Waals surface area contributed by atoms with E-state index < -0.39 is 0 Å². The average Bonchev–Trinajstić information content (AvgIpc) is 3.44. The second kappa shape index (κ2) is 5.29. The molecule has 6 aliphatic carbocycles. The van der Waals surface area contributed by atoms with Crippen LogP contribution in [0.1, 0.15) is 72.1 Å². The summed E-state index contributed by atoms with van der Waals surface area (Å²) >= 11 is 0. The molecule has 0 N–H and O–H groups in total. The van der Waals surface area contributed by atoms with Crippen LogP contribution in [0.15, 0.2) is 0 Å². The Hall–Kier alpha value is -0.530. The number of carbonyl (C=O) groups is 1. The maximum absolute atomic E-state index is 13.3. The first kappa shape index (κ1) is 16.4. The third kappa shape index (κ3) is 1.88. The first-order valence-corrected chi connectivity index (χ1v) is 11.7. The van der Waals surface area contributed by atoms with Crippen molar-refractivity contribution in [3.05, 3.63) is 0 Å². The number of fused-ring (bicyclic) bond motifs is 11. The Balaban J connectivity index is 1.22. The number of esters is 1. The number of carbonyl (C=O) groups excluding carboxylic acids is 1. The zero-order valence-corrected chi connectivity index (χ0v) is 16.8. The fourth-order valence-corrected chi connectivity index (χ4v) is 9.78. The molecule has 0 spiro atoms. The monoisotopic (exact) mass is 356 g/mol. The van der Waals surface area contributed by atoms with E-state index in [1.165, 1.54) is 38.5 Å². The zero-order chi connectivity index (χ0) is 17.8. The number of rotatable bonds is 3. The molecule has 6 aliphatic rings. The van der Waals surface area contributed by atoms with Crippen LogP contribution in [-0.4, -0.2) is 11.6 Å². The molecule has 0 aliphatic heterocycles. The fraction of sp³-hybridized carbons (Fsp3) is 0.958. The second-order valence-electron chi connectivity index (χ2n) is 11.4. The minimum absolute atomic E-state index is 0.0932. The van der Waals surface area contributed by atoms with Crippen LogP contribution in [0.4, 0.5) is 0 Å². The highest BCUT2D eigenvalue weighted by Gasteiger charge is 2.68. The summed E-state index contributed by atoms with van der Waals surface area (Å²) in [4.78, 5) is 13.3. The van der Waals surface area contributed by atoms with Crippen molar-refractivity contribution in [3.63, 3.8) is 0 Å². The topological polar surface area (TPSA) is 26.3 Å². The smallest absolute Gasteiger partial charge is 0.309 e. The Labute approximate surface area is 158 Å². The fourth-order valence-electron chi connectivity index (χ4n) is 9.78. The molecule has 0 aromatic heterocycles. The summed E-state index contributed by atoms with van der Waals surface area (Å²) in [6.45, 7) is 7.07. The molecule has 0 radical (unpaired) electrons. The lowest BCUT2D eigenvalue weighted by atomic mass is 9.65. The first-order valence-electron chi connectivity index (χ1n) is 11.7. The number of ether oxygens (including phenoxy) is 1. The Kier molecular flexibility index (Phi) is 3.34. The summed E-state index contributed by atoms with van der Waals surface area (Å²) in [5.74, 6) is 8.76. The molecule has 6 rings (SSSR count). The summed E-state index contributed by atoms with van der Waals surface area (Å²) in [5.41, 5.74) is -0.0932. The molecule has 2 heteroatoms. The van der Waals surface area contributed by atoms with Crippen molar-refractivity contribution in [2.45, 2.75) is 77.7 Å². The van der Waals surface area contributed by atoms with Crippen LogP contribution in [0.2, 0.25) is 0 Å². The molecule has 6 fully saturated rings. The number of hydrogen-bond donors (Lipinski definition) is 0. The van der Waals surface area contributed by atoms with Crippen LogP contribution >= 0.6 is 0 Å². The van der Waals surface area contributed by atoms with Gasteiger partial charge in [-0.15, -0.1) is 0 Å². The molecule has 6 bridgehead atoms. The van der Waals surface area contributed by atoms with E-state index in [9.17, 15) is 4.79 Å². The summed E-state index contributed by atoms with van der Waals surface area (Å²) in [6.07, 6.45) is 10.5. The van der Waals surface area contributed by atoms with Crippen molar-refractivity contribution < 1.29 is 9.53 Å². The molecule has 12 atom stereocenters. The molecular formula is C24H36O2. The summed E-state index contributed by atoms with van der Waals surface area (Å²) in [7, 11) is 0. The lowest BCUT2D eigenvalue weighted by molar-refractivity contribution is -0.180. The van der Waals surface area contributed by atoms with Crippen LogP contribution < -0.4 is 0 Å². The summed E-state index contributed by atoms with van der Waals surface area (Å²) < 4.78 is 6.58. The van der Waals surface area contributed by atoms with Crippen LogP contribution in [-0.2, 0) is 9.53 Å². The van der Waals surface area contributed by atoms with Gasteiger partial charge in [0.05, 0.1) is 5.92 Å². The van der Waals surface area contributed by atoms with E-state index in [0.29, 0.717) is 17.8 Å². The molecule has 144 valence electrons. The van der Waals surface area contributed by atoms with Crippen molar-refractivity contribution in [2.75, 3.05) is 0 Å². The van der Waals surface area contributed by atoms with Crippen molar-refractivity contribution in [2.24, 2.45) is 65.1 Å². The molecule has 0 heterocycles. The Morgan fingerprint density at radius 1 is 0.923 bits per heavy atom. The van der Waals surface area contributed by atoms with Gasteiger partial charge < -0.3 is 4.74 Å². The molecule has 26 heavy (non-hydrogen) atoms. The van der Waals surface area contributed by atoms with E-state index in [-0.39, 0.29) is 17.5 Å². The molecule has 0 amide bonds. The van der Waals surface area contributed by atoms with E-state index in [0.717, 1.165) is 54.3 Å². The van der Waals surface area contributed by atoms with E-state index in [4.69, 9.17) is 4.74 Å². The van der Waals surface area contributed by atoms with E-state index in [1.807, 2.05) is 0 Å². The third-order valence-electron chi connectivity index (χ3n) is 11.0. The van der Waals surface area contributed by atoms with Crippen molar-refractivity contribution in [1.29, 1.82) is 0 Å². The predicted octanol–water partition coefficient (Wildman–Crippen LogP) is 5.31. The van der Waals surface area contributed by atoms with Crippen LogP contribution in [0.5, 0.6) is 0 Å². The molecule has 2 nitrogen and oxygen atoms in total. The summed E-state index contributed by atoms with van der Waals surface area (Å²) in [5, 5.41) is 0. The lowest BCUT2D eigenvalue weighted by Gasteiger charge is -2.46. The van der Waals surface area contributed by atoms with Gasteiger partial charge in [0.2, 0.25) is 0 Å². The molecule has 6 saturated carbocycles. The molecule has 0 saturated heterocycles. The quantitative estimate of drug-likeness (QED) is 0.506. The standard InChI is InChI=1S/C24H36O2/c1-4-24(26-23(25)19-9-16-8-18(19)13(3)12(16)2)11-17-10-20(24)22-15-6-5-14(7-15)21(17)22/h12-22H,4-11H2,1-3H3. The van der Waals surface area contributed by atoms with Gasteiger partial charge in [-0.05, 0) is 105 Å². The Bertz CT molecular complexity index is 626. The lowest BCUT2D eigenvalue weighted by Crippen LogP contribution is -2.48. The van der Waals surface area contributed by atoms with Gasteiger partial charge in [0.15, 0.2) is 0 Å². The maximum atomic E-state index is 13.3. The zero-order valence-electron chi connectivity index (χ0n) is 16.8. The van der Waals surface area contributed by atoms with Crippen molar-refractivity contribution in [3.8, 4) is 0 Å². The highest BCUT2D eigenvalue weighted by atomic mass is 16.6. The molecular weight excluding hydrogens is 320 g/mol. The van der Waals surface area contributed by atoms with Gasteiger partial charge in [-0.1, -0.05) is 20.8 Å². The van der Waals surface area contributed by atoms with E-state index >= 15 is 0 Å². The van der Waals surface area contributed by atoms with Gasteiger partial charge in [-0.25, -0.2) is 0 Å². The average molecular weight is 357 g/mol. The van der Waals surface area contributed by atoms with Crippen LogP contribution in [0.3, 0.4) is 0 Å². The highest BCUT2D eigenvalue weighted by molar-refractivity contribution is 5.74. The summed E-state index contributed by atoms with van der Waals surface area (Å²) in [6, 6.07) is 0. The third-order valence-corrected chi connectivity index (χ3v) is 11.0. The molecule has 12 unspecified atom stereocenters. The largest absolute Gasteiger partial charge is 0.459 e. The van der Waals surface area contributed by atoms with Gasteiger partial charge in [0.25, 0.3) is 0 Å². The van der Waals surface area contributed by atoms with E-state index in [2.05, 4.69) is 20.8 Å². The number of hydrogen-bond acceptors (Lipinski definition) is 2. The maximum Gasteiger partial charge on any atom is 0.309 e. The predicted molar refractivity (Wildman–Crippen MR) is 101 cm³/mol. The first-order chi connectivity index (χ1) is 12.5. The van der Waals surface area contributed by atoms with Gasteiger partial charge in [-0.3, -0.25) is 4.79 Å². The Morgan fingerprint density at radius 2 is 1.69 bits per heavy atom. The van der Waals surface area contributed by atoms with Crippen LogP contribution in [0, 0.1) is 65.1 Å².